The maximum Gasteiger partial charge on any atom is 0.157 e. The van der Waals surface area contributed by atoms with Crippen molar-refractivity contribution < 1.29 is 0 Å². The van der Waals surface area contributed by atoms with Crippen molar-refractivity contribution in [3.05, 3.63) is 11.0 Å². The molecule has 0 aromatic carbocycles. The first-order valence-corrected chi connectivity index (χ1v) is 5.61. The van der Waals surface area contributed by atoms with Gasteiger partial charge in [0.1, 0.15) is 11.5 Å². The van der Waals surface area contributed by atoms with Crippen molar-refractivity contribution in [2.45, 2.75) is 26.2 Å². The molecule has 1 aliphatic rings. The Morgan fingerprint density at radius 1 is 1.20 bits per heavy atom. The molecule has 0 radical (unpaired) electrons. The molecule has 0 spiro atoms. The highest BCUT2D eigenvalue weighted by atomic mass is 35.5. The largest absolute Gasteiger partial charge is 0.393 e. The maximum absolute atomic E-state index is 5.94. The smallest absolute Gasteiger partial charge is 0.157 e. The highest BCUT2D eigenvalue weighted by molar-refractivity contribution is 6.32. The van der Waals surface area contributed by atoms with Crippen LogP contribution in [0.3, 0.4) is 0 Å². The summed E-state index contributed by atoms with van der Waals surface area (Å²) in [6, 6.07) is 0. The topological polar surface area (TPSA) is 55.0 Å². The Morgan fingerprint density at radius 3 is 2.53 bits per heavy atom. The Morgan fingerprint density at radius 2 is 1.87 bits per heavy atom. The van der Waals surface area contributed by atoms with Crippen molar-refractivity contribution in [1.82, 2.24) is 9.97 Å². The number of piperidine rings is 1. The second-order valence-corrected chi connectivity index (χ2v) is 4.20. The van der Waals surface area contributed by atoms with Gasteiger partial charge < -0.3 is 10.6 Å². The number of nitrogen functional groups attached to an aromatic ring is 1. The molecule has 0 atom stereocenters. The molecular formula is C10H15ClN4. The van der Waals surface area contributed by atoms with Crippen molar-refractivity contribution in [2.75, 3.05) is 23.7 Å². The van der Waals surface area contributed by atoms with Gasteiger partial charge in [0.15, 0.2) is 11.0 Å². The molecule has 2 N–H and O–H groups in total. The first-order chi connectivity index (χ1) is 7.18. The molecule has 0 unspecified atom stereocenters. The van der Waals surface area contributed by atoms with Crippen molar-refractivity contribution in [1.29, 1.82) is 0 Å². The van der Waals surface area contributed by atoms with Crippen LogP contribution in [0.25, 0.3) is 0 Å². The second kappa shape index (κ2) is 4.23. The van der Waals surface area contributed by atoms with Crippen LogP contribution in [0.2, 0.25) is 5.15 Å². The van der Waals surface area contributed by atoms with Crippen LogP contribution in [0.4, 0.5) is 11.5 Å². The Balaban J connectivity index is 2.33. The predicted octanol–water partition coefficient (Wildman–Crippen LogP) is 2.01. The zero-order chi connectivity index (χ0) is 10.8. The van der Waals surface area contributed by atoms with Gasteiger partial charge in [-0.2, -0.15) is 0 Å². The summed E-state index contributed by atoms with van der Waals surface area (Å²) in [5, 5.41) is 0.364. The van der Waals surface area contributed by atoms with Crippen LogP contribution in [0.5, 0.6) is 0 Å². The summed E-state index contributed by atoms with van der Waals surface area (Å²) in [5.74, 6) is 1.47. The zero-order valence-electron chi connectivity index (χ0n) is 8.83. The first-order valence-electron chi connectivity index (χ1n) is 5.23. The Labute approximate surface area is 94.5 Å². The third-order valence-electron chi connectivity index (χ3n) is 2.65. The lowest BCUT2D eigenvalue weighted by Crippen LogP contribution is -2.31. The van der Waals surface area contributed by atoms with Gasteiger partial charge in [-0.05, 0) is 26.2 Å². The minimum atomic E-state index is 0.364. The highest BCUT2D eigenvalue weighted by Crippen LogP contribution is 2.28. The average Bonchev–Trinajstić information content (AvgIpc) is 2.24. The van der Waals surface area contributed by atoms with E-state index in [1.807, 2.05) is 6.92 Å². The van der Waals surface area contributed by atoms with E-state index in [2.05, 4.69) is 14.9 Å². The lowest BCUT2D eigenvalue weighted by Gasteiger charge is -2.28. The van der Waals surface area contributed by atoms with E-state index < -0.39 is 0 Å². The number of rotatable bonds is 1. The summed E-state index contributed by atoms with van der Waals surface area (Å²) in [7, 11) is 0. The summed E-state index contributed by atoms with van der Waals surface area (Å²) in [4.78, 5) is 10.6. The van der Waals surface area contributed by atoms with E-state index in [1.165, 1.54) is 19.3 Å². The van der Waals surface area contributed by atoms with Gasteiger partial charge in [0.05, 0.1) is 0 Å². The van der Waals surface area contributed by atoms with Gasteiger partial charge in [-0.25, -0.2) is 9.97 Å². The molecule has 2 heterocycles. The van der Waals surface area contributed by atoms with E-state index in [1.54, 1.807) is 0 Å². The van der Waals surface area contributed by atoms with Crippen LogP contribution < -0.4 is 10.6 Å². The molecule has 0 amide bonds. The first kappa shape index (κ1) is 10.5. The fraction of sp³-hybridized carbons (Fsp3) is 0.600. The fourth-order valence-corrected chi connectivity index (χ4v) is 2.09. The molecule has 1 fully saturated rings. The van der Waals surface area contributed by atoms with E-state index in [9.17, 15) is 0 Å². The third kappa shape index (κ3) is 2.15. The van der Waals surface area contributed by atoms with Crippen LogP contribution >= 0.6 is 11.6 Å². The summed E-state index contributed by atoms with van der Waals surface area (Å²) in [5.41, 5.74) is 6.39. The van der Waals surface area contributed by atoms with Gasteiger partial charge >= 0.3 is 0 Å². The molecule has 15 heavy (non-hydrogen) atoms. The molecular weight excluding hydrogens is 212 g/mol. The molecule has 0 saturated carbocycles. The average molecular weight is 227 g/mol. The lowest BCUT2D eigenvalue weighted by atomic mass is 10.1. The molecule has 0 bridgehead atoms. The van der Waals surface area contributed by atoms with Gasteiger partial charge in [0.2, 0.25) is 0 Å². The number of anilines is 2. The quantitative estimate of drug-likeness (QED) is 0.745. The monoisotopic (exact) mass is 226 g/mol. The minimum absolute atomic E-state index is 0.364. The van der Waals surface area contributed by atoms with E-state index in [0.717, 1.165) is 18.9 Å². The summed E-state index contributed by atoms with van der Waals surface area (Å²) < 4.78 is 0. The number of aromatic nitrogens is 2. The van der Waals surface area contributed by atoms with Gasteiger partial charge in [0.25, 0.3) is 0 Å². The second-order valence-electron chi connectivity index (χ2n) is 3.85. The number of nitrogens with two attached hydrogens (primary N) is 1. The molecule has 4 nitrogen and oxygen atoms in total. The van der Waals surface area contributed by atoms with E-state index >= 15 is 0 Å². The predicted molar refractivity (Wildman–Crippen MR) is 62.3 cm³/mol. The lowest BCUT2D eigenvalue weighted by molar-refractivity contribution is 0.573. The number of aryl methyl sites for hydroxylation is 1. The summed E-state index contributed by atoms with van der Waals surface area (Å²) >= 11 is 5.94. The number of hydrogen-bond donors (Lipinski definition) is 1. The molecule has 5 heteroatoms. The molecule has 1 saturated heterocycles. The SMILES string of the molecule is Cc1nc(Cl)c(N)c(N2CCCCC2)n1. The van der Waals surface area contributed by atoms with Crippen molar-refractivity contribution in [3.63, 3.8) is 0 Å². The van der Waals surface area contributed by atoms with Crippen LogP contribution in [0.15, 0.2) is 0 Å². The van der Waals surface area contributed by atoms with Crippen LogP contribution in [-0.2, 0) is 0 Å². The van der Waals surface area contributed by atoms with E-state index in [4.69, 9.17) is 17.3 Å². The molecule has 0 aliphatic carbocycles. The van der Waals surface area contributed by atoms with Crippen LogP contribution in [0.1, 0.15) is 25.1 Å². The molecule has 1 aromatic rings. The highest BCUT2D eigenvalue weighted by Gasteiger charge is 2.17. The third-order valence-corrected chi connectivity index (χ3v) is 2.93. The summed E-state index contributed by atoms with van der Waals surface area (Å²) in [6.07, 6.45) is 3.68. The maximum atomic E-state index is 5.94. The number of hydrogen-bond acceptors (Lipinski definition) is 4. The normalized spacial score (nSPS) is 16.8. The Kier molecular flexibility index (Phi) is 2.95. The molecule has 1 aliphatic heterocycles. The standard InChI is InChI=1S/C10H15ClN4/c1-7-13-9(11)8(12)10(14-7)15-5-3-2-4-6-15/h2-6,12H2,1H3. The molecule has 2 rings (SSSR count). The zero-order valence-corrected chi connectivity index (χ0v) is 9.59. The fourth-order valence-electron chi connectivity index (χ4n) is 1.88. The Hall–Kier alpha value is -1.03. The van der Waals surface area contributed by atoms with Crippen LogP contribution in [-0.4, -0.2) is 23.1 Å². The van der Waals surface area contributed by atoms with Gasteiger partial charge in [-0.3, -0.25) is 0 Å². The van der Waals surface area contributed by atoms with E-state index in [-0.39, 0.29) is 0 Å². The van der Waals surface area contributed by atoms with Gasteiger partial charge in [-0.1, -0.05) is 11.6 Å². The Bertz CT molecular complexity index is 361. The van der Waals surface area contributed by atoms with Crippen molar-refractivity contribution in [3.8, 4) is 0 Å². The van der Waals surface area contributed by atoms with Crippen molar-refractivity contribution >= 4 is 23.1 Å². The van der Waals surface area contributed by atoms with E-state index in [0.29, 0.717) is 16.7 Å². The molecule has 82 valence electrons. The van der Waals surface area contributed by atoms with Crippen LogP contribution in [0, 0.1) is 6.92 Å². The minimum Gasteiger partial charge on any atom is -0.393 e. The van der Waals surface area contributed by atoms with Gasteiger partial charge in [0, 0.05) is 13.1 Å². The number of halogens is 1. The molecule has 1 aromatic heterocycles. The number of nitrogens with zero attached hydrogens (tertiary/aromatic N) is 3. The summed E-state index contributed by atoms with van der Waals surface area (Å²) in [6.45, 7) is 3.85. The van der Waals surface area contributed by atoms with Crippen molar-refractivity contribution in [2.24, 2.45) is 0 Å². The van der Waals surface area contributed by atoms with Gasteiger partial charge in [-0.15, -0.1) is 0 Å².